The van der Waals surface area contributed by atoms with E-state index in [4.69, 9.17) is 16.6 Å². The monoisotopic (exact) mass is 245 g/mol. The number of unbranched alkanes of at least 4 members (excludes halogenated alkanes) is 5. The molecule has 0 saturated carbocycles. The van der Waals surface area contributed by atoms with Crippen molar-refractivity contribution < 1.29 is 9.90 Å². The normalized spacial score (nSPS) is 12.1. The zero-order chi connectivity index (χ0) is 13.3. The first kappa shape index (κ1) is 16.4. The summed E-state index contributed by atoms with van der Waals surface area (Å²) in [6.45, 7) is 5.24. The van der Waals surface area contributed by atoms with Crippen molar-refractivity contribution in [2.75, 3.05) is 13.1 Å². The van der Waals surface area contributed by atoms with Crippen molar-refractivity contribution >= 4 is 5.97 Å². The highest BCUT2D eigenvalue weighted by molar-refractivity contribution is 5.76. The van der Waals surface area contributed by atoms with Crippen LogP contribution >= 0.6 is 0 Å². The smallest absolute Gasteiger partial charge is 0.354 e. The Balaban J connectivity index is 3.87. The van der Waals surface area contributed by atoms with Gasteiger partial charge in [0.2, 0.25) is 5.79 Å². The van der Waals surface area contributed by atoms with Crippen LogP contribution < -0.4 is 11.5 Å². The summed E-state index contributed by atoms with van der Waals surface area (Å²) in [5.41, 5.74) is 11.2. The van der Waals surface area contributed by atoms with Gasteiger partial charge in [-0.05, 0) is 13.0 Å². The van der Waals surface area contributed by atoms with Crippen LogP contribution in [0, 0.1) is 0 Å². The van der Waals surface area contributed by atoms with E-state index in [-0.39, 0.29) is 0 Å². The maximum Gasteiger partial charge on any atom is 0.354 e. The van der Waals surface area contributed by atoms with Gasteiger partial charge in [-0.25, -0.2) is 4.79 Å². The van der Waals surface area contributed by atoms with Gasteiger partial charge in [-0.1, -0.05) is 46.0 Å². The first-order valence-electron chi connectivity index (χ1n) is 6.53. The molecular formula is C12H27N3O2. The van der Waals surface area contributed by atoms with Crippen LogP contribution in [-0.2, 0) is 4.79 Å². The third-order valence-corrected chi connectivity index (χ3v) is 3.03. The van der Waals surface area contributed by atoms with Crippen molar-refractivity contribution in [3.8, 4) is 0 Å². The quantitative estimate of drug-likeness (QED) is 0.399. The Kier molecular flexibility index (Phi) is 8.12. The lowest BCUT2D eigenvalue weighted by Gasteiger charge is -2.33. The van der Waals surface area contributed by atoms with E-state index in [1.54, 1.807) is 4.90 Å². The molecule has 0 aromatic carbocycles. The summed E-state index contributed by atoms with van der Waals surface area (Å²) < 4.78 is 0. The predicted octanol–water partition coefficient (Wildman–Crippen LogP) is 1.32. The van der Waals surface area contributed by atoms with Gasteiger partial charge in [0.1, 0.15) is 0 Å². The molecule has 0 spiro atoms. The second kappa shape index (κ2) is 8.44. The molecule has 0 atom stereocenters. The molecule has 0 aromatic rings. The number of carboxylic acid groups (broad SMARTS) is 1. The van der Waals surface area contributed by atoms with Gasteiger partial charge in [-0.2, -0.15) is 0 Å². The zero-order valence-electron chi connectivity index (χ0n) is 11.1. The second-order valence-corrected chi connectivity index (χ2v) is 4.48. The number of hydrogen-bond acceptors (Lipinski definition) is 4. The number of nitrogens with zero attached hydrogens (tertiary/aromatic N) is 1. The van der Waals surface area contributed by atoms with Gasteiger partial charge in [0.25, 0.3) is 0 Å². The summed E-state index contributed by atoms with van der Waals surface area (Å²) in [4.78, 5) is 12.5. The number of carboxylic acids is 1. The molecule has 0 saturated heterocycles. The molecular weight excluding hydrogens is 218 g/mol. The minimum Gasteiger partial charge on any atom is -0.478 e. The molecule has 0 unspecified atom stereocenters. The van der Waals surface area contributed by atoms with Crippen LogP contribution in [-0.4, -0.2) is 34.9 Å². The molecule has 0 aliphatic rings. The summed E-state index contributed by atoms with van der Waals surface area (Å²) in [5, 5.41) is 8.92. The maximum atomic E-state index is 10.9. The Bertz CT molecular complexity index is 220. The fourth-order valence-electron chi connectivity index (χ4n) is 1.82. The number of carbonyl (C=O) groups is 1. The maximum absolute atomic E-state index is 10.9. The van der Waals surface area contributed by atoms with E-state index in [1.165, 1.54) is 25.7 Å². The molecule has 0 radical (unpaired) electrons. The largest absolute Gasteiger partial charge is 0.478 e. The highest BCUT2D eigenvalue weighted by Crippen LogP contribution is 2.08. The average Bonchev–Trinajstić information content (AvgIpc) is 2.27. The number of rotatable bonds is 10. The van der Waals surface area contributed by atoms with E-state index in [1.807, 2.05) is 6.92 Å². The van der Waals surface area contributed by atoms with Crippen molar-refractivity contribution in [3.63, 3.8) is 0 Å². The van der Waals surface area contributed by atoms with Gasteiger partial charge in [0, 0.05) is 6.54 Å². The van der Waals surface area contributed by atoms with Crippen molar-refractivity contribution in [2.45, 2.75) is 58.2 Å². The molecule has 0 bridgehead atoms. The lowest BCUT2D eigenvalue weighted by molar-refractivity contribution is -0.151. The molecule has 0 heterocycles. The van der Waals surface area contributed by atoms with Crippen molar-refractivity contribution in [1.29, 1.82) is 0 Å². The fraction of sp³-hybridized carbons (Fsp3) is 0.917. The van der Waals surface area contributed by atoms with Crippen molar-refractivity contribution in [3.05, 3.63) is 0 Å². The van der Waals surface area contributed by atoms with Crippen LogP contribution in [0.2, 0.25) is 0 Å². The van der Waals surface area contributed by atoms with Gasteiger partial charge in [-0.3, -0.25) is 16.4 Å². The summed E-state index contributed by atoms with van der Waals surface area (Å²) in [6, 6.07) is 0. The Labute approximate surface area is 104 Å². The van der Waals surface area contributed by atoms with Gasteiger partial charge in [0.05, 0.1) is 0 Å². The Hall–Kier alpha value is -0.650. The lowest BCUT2D eigenvalue weighted by atomic mass is 10.1. The van der Waals surface area contributed by atoms with Crippen LogP contribution in [0.15, 0.2) is 0 Å². The molecule has 0 rings (SSSR count). The summed E-state index contributed by atoms with van der Waals surface area (Å²) in [5.74, 6) is -2.91. The summed E-state index contributed by atoms with van der Waals surface area (Å²) in [7, 11) is 0. The average molecular weight is 245 g/mol. The van der Waals surface area contributed by atoms with E-state index in [2.05, 4.69) is 6.92 Å². The molecule has 0 fully saturated rings. The number of hydrogen-bond donors (Lipinski definition) is 3. The third-order valence-electron chi connectivity index (χ3n) is 3.03. The van der Waals surface area contributed by atoms with Crippen LogP contribution in [0.3, 0.4) is 0 Å². The topological polar surface area (TPSA) is 92.6 Å². The van der Waals surface area contributed by atoms with Crippen LogP contribution in [0.1, 0.15) is 52.4 Å². The predicted molar refractivity (Wildman–Crippen MR) is 69.4 cm³/mol. The van der Waals surface area contributed by atoms with E-state index >= 15 is 0 Å². The molecule has 0 aliphatic heterocycles. The SMILES string of the molecule is CCCCCCCCN(CC)C(N)(N)C(=O)O. The first-order chi connectivity index (χ1) is 7.96. The van der Waals surface area contributed by atoms with E-state index in [0.29, 0.717) is 13.1 Å². The van der Waals surface area contributed by atoms with Gasteiger partial charge >= 0.3 is 5.97 Å². The van der Waals surface area contributed by atoms with E-state index in [0.717, 1.165) is 12.8 Å². The molecule has 0 amide bonds. The zero-order valence-corrected chi connectivity index (χ0v) is 11.1. The van der Waals surface area contributed by atoms with Crippen LogP contribution in [0.25, 0.3) is 0 Å². The Morgan fingerprint density at radius 2 is 1.65 bits per heavy atom. The van der Waals surface area contributed by atoms with Crippen molar-refractivity contribution in [1.82, 2.24) is 4.90 Å². The molecule has 102 valence electrons. The first-order valence-corrected chi connectivity index (χ1v) is 6.53. The Morgan fingerprint density at radius 3 is 2.12 bits per heavy atom. The van der Waals surface area contributed by atoms with E-state index < -0.39 is 11.8 Å². The van der Waals surface area contributed by atoms with Gasteiger partial charge < -0.3 is 5.11 Å². The standard InChI is InChI=1S/C12H27N3O2/c1-3-5-6-7-8-9-10-15(4-2)12(13,14)11(16)17/h3-10,13-14H2,1-2H3,(H,16,17). The van der Waals surface area contributed by atoms with Crippen LogP contribution in [0.5, 0.6) is 0 Å². The molecule has 5 nitrogen and oxygen atoms in total. The van der Waals surface area contributed by atoms with Gasteiger partial charge in [-0.15, -0.1) is 0 Å². The fourth-order valence-corrected chi connectivity index (χ4v) is 1.82. The van der Waals surface area contributed by atoms with Crippen LogP contribution in [0.4, 0.5) is 0 Å². The lowest BCUT2D eigenvalue weighted by Crippen LogP contribution is -2.68. The molecule has 5 heteroatoms. The number of likely N-dealkylation sites (N-methyl/N-ethyl adjacent to an activating group) is 1. The number of aliphatic carboxylic acids is 1. The highest BCUT2D eigenvalue weighted by atomic mass is 16.4. The van der Waals surface area contributed by atoms with Gasteiger partial charge in [0.15, 0.2) is 0 Å². The summed E-state index contributed by atoms with van der Waals surface area (Å²) >= 11 is 0. The molecule has 5 N–H and O–H groups in total. The molecule has 0 aliphatic carbocycles. The molecule has 17 heavy (non-hydrogen) atoms. The number of nitrogens with two attached hydrogens (primary N) is 2. The minimum absolute atomic E-state index is 0.550. The highest BCUT2D eigenvalue weighted by Gasteiger charge is 2.34. The second-order valence-electron chi connectivity index (χ2n) is 4.48. The Morgan fingerprint density at radius 1 is 1.12 bits per heavy atom. The minimum atomic E-state index is -1.74. The summed E-state index contributed by atoms with van der Waals surface area (Å²) in [6.07, 6.45) is 6.99. The van der Waals surface area contributed by atoms with Crippen molar-refractivity contribution in [2.24, 2.45) is 11.5 Å². The van der Waals surface area contributed by atoms with E-state index in [9.17, 15) is 4.79 Å². The molecule has 0 aromatic heterocycles. The third kappa shape index (κ3) is 6.00.